The van der Waals surface area contributed by atoms with Gasteiger partial charge in [0.1, 0.15) is 0 Å². The van der Waals surface area contributed by atoms with Gasteiger partial charge in [0.2, 0.25) is 0 Å². The predicted octanol–water partition coefficient (Wildman–Crippen LogP) is 5.78. The second kappa shape index (κ2) is 8.09. The van der Waals surface area contributed by atoms with E-state index in [1.165, 1.54) is 10.5 Å². The minimum absolute atomic E-state index is 0.504. The van der Waals surface area contributed by atoms with Gasteiger partial charge in [0, 0.05) is 23.2 Å². The van der Waals surface area contributed by atoms with Gasteiger partial charge in [-0.05, 0) is 29.3 Å². The molecule has 0 bridgehead atoms. The van der Waals surface area contributed by atoms with Crippen molar-refractivity contribution in [1.82, 2.24) is 5.32 Å². The third kappa shape index (κ3) is 5.23. The van der Waals surface area contributed by atoms with Crippen molar-refractivity contribution in [1.29, 1.82) is 0 Å². The summed E-state index contributed by atoms with van der Waals surface area (Å²) in [7, 11) is 0. The highest BCUT2D eigenvalue weighted by Crippen LogP contribution is 2.31. The van der Waals surface area contributed by atoms with Crippen LogP contribution in [0.5, 0.6) is 0 Å². The lowest BCUT2D eigenvalue weighted by Crippen LogP contribution is -2.21. The molecule has 1 N–H and O–H groups in total. The van der Waals surface area contributed by atoms with E-state index >= 15 is 0 Å². The molecule has 0 atom stereocenters. The summed E-state index contributed by atoms with van der Waals surface area (Å²) in [6.45, 7) is 5.21. The number of hydrogen-bond acceptors (Lipinski definition) is 2. The van der Waals surface area contributed by atoms with Crippen LogP contribution in [0.15, 0.2) is 47.4 Å². The van der Waals surface area contributed by atoms with Gasteiger partial charge >= 0.3 is 0 Å². The SMILES string of the molecule is CC(C)NCc1ccc(SCc2cccc(Cl)c2Cl)cc1. The minimum atomic E-state index is 0.504. The average molecular weight is 340 g/mol. The molecule has 4 heteroatoms. The molecule has 0 amide bonds. The second-order valence-electron chi connectivity index (χ2n) is 5.18. The van der Waals surface area contributed by atoms with E-state index in [4.69, 9.17) is 23.2 Å². The smallest absolute Gasteiger partial charge is 0.0632 e. The molecule has 112 valence electrons. The number of rotatable bonds is 6. The molecular weight excluding hydrogens is 321 g/mol. The highest BCUT2D eigenvalue weighted by Gasteiger charge is 2.05. The van der Waals surface area contributed by atoms with Crippen LogP contribution in [-0.2, 0) is 12.3 Å². The fraction of sp³-hybridized carbons (Fsp3) is 0.294. The first kappa shape index (κ1) is 16.7. The molecule has 2 rings (SSSR count). The minimum Gasteiger partial charge on any atom is -0.310 e. The van der Waals surface area contributed by atoms with E-state index in [2.05, 4.69) is 43.4 Å². The lowest BCUT2D eigenvalue weighted by molar-refractivity contribution is 0.588. The Kier molecular flexibility index (Phi) is 6.43. The highest BCUT2D eigenvalue weighted by molar-refractivity contribution is 7.98. The normalized spacial score (nSPS) is 11.1. The molecule has 2 aromatic rings. The van der Waals surface area contributed by atoms with Crippen LogP contribution >= 0.6 is 35.0 Å². The van der Waals surface area contributed by atoms with Crippen LogP contribution < -0.4 is 5.32 Å². The van der Waals surface area contributed by atoms with Crippen LogP contribution in [0.4, 0.5) is 0 Å². The Labute approximate surface area is 141 Å². The Morgan fingerprint density at radius 3 is 2.43 bits per heavy atom. The Balaban J connectivity index is 1.93. The number of halogens is 2. The standard InChI is InChI=1S/C17H19Cl2NS/c1-12(2)20-10-13-6-8-15(9-7-13)21-11-14-4-3-5-16(18)17(14)19/h3-9,12,20H,10-11H2,1-2H3. The van der Waals surface area contributed by atoms with E-state index in [1.54, 1.807) is 11.8 Å². The van der Waals surface area contributed by atoms with Crippen molar-refractivity contribution < 1.29 is 0 Å². The molecule has 0 fully saturated rings. The Morgan fingerprint density at radius 2 is 1.76 bits per heavy atom. The van der Waals surface area contributed by atoms with Crippen LogP contribution in [0.1, 0.15) is 25.0 Å². The van der Waals surface area contributed by atoms with Crippen LogP contribution in [0.25, 0.3) is 0 Å². The lowest BCUT2D eigenvalue weighted by Gasteiger charge is -2.09. The summed E-state index contributed by atoms with van der Waals surface area (Å²) in [5.74, 6) is 0.822. The van der Waals surface area contributed by atoms with Crippen LogP contribution in [0.3, 0.4) is 0 Å². The van der Waals surface area contributed by atoms with E-state index in [1.807, 2.05) is 18.2 Å². The van der Waals surface area contributed by atoms with Gasteiger partial charge < -0.3 is 5.32 Å². The third-order valence-electron chi connectivity index (χ3n) is 3.06. The predicted molar refractivity (Wildman–Crippen MR) is 94.4 cm³/mol. The zero-order chi connectivity index (χ0) is 15.2. The van der Waals surface area contributed by atoms with Crippen LogP contribution in [0, 0.1) is 0 Å². The summed E-state index contributed by atoms with van der Waals surface area (Å²) < 4.78 is 0. The maximum Gasteiger partial charge on any atom is 0.0632 e. The van der Waals surface area contributed by atoms with Gasteiger partial charge in [0.25, 0.3) is 0 Å². The lowest BCUT2D eigenvalue weighted by atomic mass is 10.2. The molecule has 0 spiro atoms. The zero-order valence-electron chi connectivity index (χ0n) is 12.2. The number of hydrogen-bond donors (Lipinski definition) is 1. The zero-order valence-corrected chi connectivity index (χ0v) is 14.5. The van der Waals surface area contributed by atoms with Crippen molar-refractivity contribution >= 4 is 35.0 Å². The van der Waals surface area contributed by atoms with Crippen molar-refractivity contribution in [3.05, 3.63) is 63.6 Å². The summed E-state index contributed by atoms with van der Waals surface area (Å²) in [5.41, 5.74) is 2.37. The largest absolute Gasteiger partial charge is 0.310 e. The monoisotopic (exact) mass is 339 g/mol. The molecule has 0 aliphatic heterocycles. The first-order valence-corrected chi connectivity index (χ1v) is 8.68. The topological polar surface area (TPSA) is 12.0 Å². The van der Waals surface area contributed by atoms with Gasteiger partial charge in [0.05, 0.1) is 10.0 Å². The van der Waals surface area contributed by atoms with Gasteiger partial charge in [-0.2, -0.15) is 0 Å². The van der Waals surface area contributed by atoms with Gasteiger partial charge in [0.15, 0.2) is 0 Å². The van der Waals surface area contributed by atoms with Crippen molar-refractivity contribution in [2.45, 2.75) is 37.1 Å². The molecule has 0 heterocycles. The molecule has 0 aliphatic rings. The second-order valence-corrected chi connectivity index (χ2v) is 7.02. The Bertz CT molecular complexity index is 582. The van der Waals surface area contributed by atoms with Crippen LogP contribution in [0.2, 0.25) is 10.0 Å². The van der Waals surface area contributed by atoms with E-state index in [-0.39, 0.29) is 0 Å². The maximum absolute atomic E-state index is 6.20. The van der Waals surface area contributed by atoms with Gasteiger partial charge in [-0.15, -0.1) is 11.8 Å². The van der Waals surface area contributed by atoms with E-state index in [9.17, 15) is 0 Å². The average Bonchev–Trinajstić information content (AvgIpc) is 2.48. The third-order valence-corrected chi connectivity index (χ3v) is 4.98. The van der Waals surface area contributed by atoms with Crippen molar-refractivity contribution in [2.24, 2.45) is 0 Å². The first-order chi connectivity index (χ1) is 10.1. The highest BCUT2D eigenvalue weighted by atomic mass is 35.5. The summed E-state index contributed by atoms with van der Waals surface area (Å²) in [6.07, 6.45) is 0. The molecule has 0 aliphatic carbocycles. The van der Waals surface area contributed by atoms with Crippen molar-refractivity contribution in [2.75, 3.05) is 0 Å². The van der Waals surface area contributed by atoms with Gasteiger partial charge in [-0.25, -0.2) is 0 Å². The fourth-order valence-electron chi connectivity index (χ4n) is 1.85. The van der Waals surface area contributed by atoms with E-state index in [0.717, 1.165) is 17.9 Å². The fourth-order valence-corrected chi connectivity index (χ4v) is 3.20. The first-order valence-electron chi connectivity index (χ1n) is 6.94. The van der Waals surface area contributed by atoms with E-state index < -0.39 is 0 Å². The van der Waals surface area contributed by atoms with E-state index in [0.29, 0.717) is 16.1 Å². The molecule has 0 saturated carbocycles. The number of nitrogens with one attached hydrogen (secondary N) is 1. The van der Waals surface area contributed by atoms with Gasteiger partial charge in [-0.1, -0.05) is 61.3 Å². The number of benzene rings is 2. The maximum atomic E-state index is 6.20. The molecule has 0 saturated heterocycles. The quantitative estimate of drug-likeness (QED) is 0.669. The summed E-state index contributed by atoms with van der Waals surface area (Å²) >= 11 is 14.0. The molecule has 0 aromatic heterocycles. The van der Waals surface area contributed by atoms with Crippen molar-refractivity contribution in [3.63, 3.8) is 0 Å². The molecule has 21 heavy (non-hydrogen) atoms. The summed E-state index contributed by atoms with van der Waals surface area (Å²) in [5, 5.41) is 4.69. The van der Waals surface area contributed by atoms with Crippen LogP contribution in [-0.4, -0.2) is 6.04 Å². The molecule has 0 unspecified atom stereocenters. The molecule has 0 radical (unpaired) electrons. The molecule has 1 nitrogen and oxygen atoms in total. The molecular formula is C17H19Cl2NS. The Morgan fingerprint density at radius 1 is 1.05 bits per heavy atom. The summed E-state index contributed by atoms with van der Waals surface area (Å²) in [4.78, 5) is 1.24. The van der Waals surface area contributed by atoms with Gasteiger partial charge in [-0.3, -0.25) is 0 Å². The number of thioether (sulfide) groups is 1. The van der Waals surface area contributed by atoms with Crippen molar-refractivity contribution in [3.8, 4) is 0 Å². The molecule has 2 aromatic carbocycles. The summed E-state index contributed by atoms with van der Waals surface area (Å²) in [6, 6.07) is 14.9. The Hall–Kier alpha value is -0.670.